The fraction of sp³-hybridized carbons (Fsp3) is 0.222. The van der Waals surface area contributed by atoms with Crippen LogP contribution in [-0.2, 0) is 0 Å². The average molecular weight is 254 g/mol. The highest BCUT2D eigenvalue weighted by Gasteiger charge is 2.09. The summed E-state index contributed by atoms with van der Waals surface area (Å²) in [5.41, 5.74) is 3.24. The average Bonchev–Trinajstić information content (AvgIpc) is 2.50. The van der Waals surface area contributed by atoms with Crippen LogP contribution in [0.5, 0.6) is 5.75 Å². The van der Waals surface area contributed by atoms with Gasteiger partial charge in [-0.3, -0.25) is 0 Å². The zero-order chi connectivity index (χ0) is 14.3. The Kier molecular flexibility index (Phi) is 5.87. The standard InChI is InChI=1S/C16H16O.C2H6/c1-3-13-11-15(9-10-16(13)17)12(2)14-7-5-4-6-8-14;1-2/h3-12,17H,1H2,2H3;1-2H3. The van der Waals surface area contributed by atoms with Crippen molar-refractivity contribution in [1.82, 2.24) is 0 Å². The normalized spacial score (nSPS) is 11.1. The van der Waals surface area contributed by atoms with Crippen molar-refractivity contribution in [2.24, 2.45) is 0 Å². The molecule has 2 rings (SSSR count). The SMILES string of the molecule is C=Cc1cc(C(C)c2ccccc2)ccc1O.CC. The third kappa shape index (κ3) is 3.72. The minimum absolute atomic E-state index is 0.281. The quantitative estimate of drug-likeness (QED) is 0.796. The molecule has 0 aliphatic heterocycles. The Labute approximate surface area is 116 Å². The Morgan fingerprint density at radius 2 is 1.63 bits per heavy atom. The molecule has 0 saturated carbocycles. The van der Waals surface area contributed by atoms with Gasteiger partial charge in [0.05, 0.1) is 0 Å². The monoisotopic (exact) mass is 254 g/mol. The molecule has 1 unspecified atom stereocenters. The lowest BCUT2D eigenvalue weighted by Crippen LogP contribution is -1.96. The van der Waals surface area contributed by atoms with Gasteiger partial charge >= 0.3 is 0 Å². The van der Waals surface area contributed by atoms with Crippen molar-refractivity contribution in [3.8, 4) is 5.75 Å². The maximum Gasteiger partial charge on any atom is 0.122 e. The predicted molar refractivity (Wildman–Crippen MR) is 83.5 cm³/mol. The van der Waals surface area contributed by atoms with Crippen molar-refractivity contribution in [2.45, 2.75) is 26.7 Å². The van der Waals surface area contributed by atoms with E-state index in [1.54, 1.807) is 12.1 Å². The largest absolute Gasteiger partial charge is 0.507 e. The van der Waals surface area contributed by atoms with Crippen LogP contribution in [0.15, 0.2) is 55.1 Å². The summed E-state index contributed by atoms with van der Waals surface area (Å²) in [6, 6.07) is 16.0. The van der Waals surface area contributed by atoms with Gasteiger partial charge in [0, 0.05) is 11.5 Å². The summed E-state index contributed by atoms with van der Waals surface area (Å²) in [5, 5.41) is 9.62. The summed E-state index contributed by atoms with van der Waals surface area (Å²) >= 11 is 0. The summed E-state index contributed by atoms with van der Waals surface area (Å²) in [6.07, 6.45) is 1.68. The minimum atomic E-state index is 0.281. The fourth-order valence-electron chi connectivity index (χ4n) is 1.94. The van der Waals surface area contributed by atoms with Crippen LogP contribution < -0.4 is 0 Å². The van der Waals surface area contributed by atoms with Crippen LogP contribution >= 0.6 is 0 Å². The van der Waals surface area contributed by atoms with Crippen molar-refractivity contribution in [3.05, 3.63) is 71.8 Å². The molecular weight excluding hydrogens is 232 g/mol. The second-order valence-electron chi connectivity index (χ2n) is 4.15. The first-order valence-corrected chi connectivity index (χ1v) is 6.72. The Hall–Kier alpha value is -2.02. The molecule has 0 bridgehead atoms. The molecule has 0 saturated heterocycles. The highest BCUT2D eigenvalue weighted by Crippen LogP contribution is 2.28. The van der Waals surface area contributed by atoms with Crippen molar-refractivity contribution in [1.29, 1.82) is 0 Å². The molecule has 1 atom stereocenters. The van der Waals surface area contributed by atoms with Gasteiger partial charge in [0.15, 0.2) is 0 Å². The number of benzene rings is 2. The summed E-state index contributed by atoms with van der Waals surface area (Å²) in [7, 11) is 0. The van der Waals surface area contributed by atoms with E-state index in [1.165, 1.54) is 11.1 Å². The lowest BCUT2D eigenvalue weighted by atomic mass is 9.92. The van der Waals surface area contributed by atoms with E-state index in [-0.39, 0.29) is 5.75 Å². The van der Waals surface area contributed by atoms with E-state index in [9.17, 15) is 5.11 Å². The highest BCUT2D eigenvalue weighted by molar-refractivity contribution is 5.57. The number of aromatic hydroxyl groups is 1. The third-order valence-corrected chi connectivity index (χ3v) is 3.07. The maximum absolute atomic E-state index is 9.62. The Morgan fingerprint density at radius 1 is 1.00 bits per heavy atom. The molecular formula is C18H22O. The second kappa shape index (κ2) is 7.42. The van der Waals surface area contributed by atoms with Gasteiger partial charge in [-0.2, -0.15) is 0 Å². The molecule has 1 nitrogen and oxygen atoms in total. The number of hydrogen-bond acceptors (Lipinski definition) is 1. The molecule has 19 heavy (non-hydrogen) atoms. The first-order chi connectivity index (χ1) is 9.22. The van der Waals surface area contributed by atoms with Crippen LogP contribution in [0, 0.1) is 0 Å². The first-order valence-electron chi connectivity index (χ1n) is 6.72. The number of hydrogen-bond donors (Lipinski definition) is 1. The van der Waals surface area contributed by atoms with E-state index in [0.29, 0.717) is 5.92 Å². The topological polar surface area (TPSA) is 20.2 Å². The third-order valence-electron chi connectivity index (χ3n) is 3.07. The van der Waals surface area contributed by atoms with Gasteiger partial charge in [0.25, 0.3) is 0 Å². The summed E-state index contributed by atoms with van der Waals surface area (Å²) < 4.78 is 0. The number of rotatable bonds is 3. The smallest absolute Gasteiger partial charge is 0.122 e. The van der Waals surface area contributed by atoms with Gasteiger partial charge in [0.2, 0.25) is 0 Å². The minimum Gasteiger partial charge on any atom is -0.507 e. The molecule has 2 aromatic rings. The van der Waals surface area contributed by atoms with E-state index < -0.39 is 0 Å². The molecule has 1 heteroatoms. The Balaban J connectivity index is 0.000000861. The molecule has 0 aliphatic carbocycles. The van der Waals surface area contributed by atoms with E-state index in [4.69, 9.17) is 0 Å². The first kappa shape index (κ1) is 15.0. The van der Waals surface area contributed by atoms with E-state index in [1.807, 2.05) is 44.2 Å². The zero-order valence-electron chi connectivity index (χ0n) is 11.9. The molecule has 1 N–H and O–H groups in total. The van der Waals surface area contributed by atoms with Crippen LogP contribution in [0.2, 0.25) is 0 Å². The van der Waals surface area contributed by atoms with Crippen LogP contribution in [0.3, 0.4) is 0 Å². The van der Waals surface area contributed by atoms with E-state index in [0.717, 1.165) is 5.56 Å². The molecule has 0 aliphatic rings. The van der Waals surface area contributed by atoms with Crippen LogP contribution in [0.4, 0.5) is 0 Å². The van der Waals surface area contributed by atoms with Crippen LogP contribution in [0.25, 0.3) is 6.08 Å². The summed E-state index contributed by atoms with van der Waals surface area (Å²) in [6.45, 7) is 9.87. The van der Waals surface area contributed by atoms with E-state index in [2.05, 4.69) is 25.6 Å². The van der Waals surface area contributed by atoms with Crippen molar-refractivity contribution >= 4 is 6.08 Å². The predicted octanol–water partition coefficient (Wildman–Crippen LogP) is 5.21. The number of phenolic OH excluding ortho intramolecular Hbond substituents is 1. The van der Waals surface area contributed by atoms with Gasteiger partial charge < -0.3 is 5.11 Å². The van der Waals surface area contributed by atoms with Gasteiger partial charge in [0.1, 0.15) is 5.75 Å². The molecule has 0 fully saturated rings. The van der Waals surface area contributed by atoms with Crippen LogP contribution in [-0.4, -0.2) is 5.11 Å². The lowest BCUT2D eigenvalue weighted by molar-refractivity contribution is 0.473. The zero-order valence-corrected chi connectivity index (χ0v) is 11.9. The molecule has 100 valence electrons. The van der Waals surface area contributed by atoms with Gasteiger partial charge in [-0.05, 0) is 23.3 Å². The van der Waals surface area contributed by atoms with Crippen molar-refractivity contribution in [2.75, 3.05) is 0 Å². The maximum atomic E-state index is 9.62. The molecule has 0 spiro atoms. The van der Waals surface area contributed by atoms with E-state index >= 15 is 0 Å². The molecule has 0 radical (unpaired) electrons. The van der Waals surface area contributed by atoms with Crippen molar-refractivity contribution < 1.29 is 5.11 Å². The van der Waals surface area contributed by atoms with Gasteiger partial charge in [-0.25, -0.2) is 0 Å². The number of phenols is 1. The molecule has 0 amide bonds. The van der Waals surface area contributed by atoms with Crippen LogP contribution in [0.1, 0.15) is 43.4 Å². The fourth-order valence-corrected chi connectivity index (χ4v) is 1.94. The lowest BCUT2D eigenvalue weighted by Gasteiger charge is -2.13. The second-order valence-corrected chi connectivity index (χ2v) is 4.15. The van der Waals surface area contributed by atoms with Crippen molar-refractivity contribution in [3.63, 3.8) is 0 Å². The highest BCUT2D eigenvalue weighted by atomic mass is 16.3. The molecule has 2 aromatic carbocycles. The van der Waals surface area contributed by atoms with Gasteiger partial charge in [-0.1, -0.05) is 69.8 Å². The Morgan fingerprint density at radius 3 is 2.21 bits per heavy atom. The Bertz CT molecular complexity index is 514. The van der Waals surface area contributed by atoms with Gasteiger partial charge in [-0.15, -0.1) is 0 Å². The summed E-state index contributed by atoms with van der Waals surface area (Å²) in [5.74, 6) is 0.597. The summed E-state index contributed by atoms with van der Waals surface area (Å²) in [4.78, 5) is 0. The molecule has 0 heterocycles. The molecule has 0 aromatic heterocycles.